The number of aryl methyl sites for hydroxylation is 1. The number of benzene rings is 3. The van der Waals surface area contributed by atoms with Gasteiger partial charge in [0.15, 0.2) is 0 Å². The first-order chi connectivity index (χ1) is 17.6. The number of methoxy groups -OCH3 is 1. The summed E-state index contributed by atoms with van der Waals surface area (Å²) in [5.74, 6) is 1.31. The predicted octanol–water partition coefficient (Wildman–Crippen LogP) is 5.65. The highest BCUT2D eigenvalue weighted by Gasteiger charge is 2.22. The van der Waals surface area contributed by atoms with Crippen LogP contribution in [0.15, 0.2) is 79.0 Å². The molecule has 0 saturated heterocycles. The number of carbonyl (C=O) groups excluding carboxylic acids is 1. The van der Waals surface area contributed by atoms with Gasteiger partial charge in [0, 0.05) is 17.4 Å². The molecule has 8 heteroatoms. The molecule has 1 atom stereocenters. The molecular formula is C28H26ClN5O2. The van der Waals surface area contributed by atoms with Gasteiger partial charge in [0.1, 0.15) is 22.4 Å². The average molecular weight is 500 g/mol. The molecule has 2 heterocycles. The highest BCUT2D eigenvalue weighted by atomic mass is 35.5. The molecule has 2 aromatic heterocycles. The lowest BCUT2D eigenvalue weighted by molar-refractivity contribution is -0.121. The number of ether oxygens (including phenoxy) is 1. The molecule has 0 fully saturated rings. The van der Waals surface area contributed by atoms with E-state index in [1.807, 2.05) is 72.8 Å². The van der Waals surface area contributed by atoms with E-state index in [0.717, 1.165) is 33.3 Å². The second kappa shape index (κ2) is 10.7. The maximum absolute atomic E-state index is 13.0. The third-order valence-electron chi connectivity index (χ3n) is 6.16. The Morgan fingerprint density at radius 1 is 1.08 bits per heavy atom. The summed E-state index contributed by atoms with van der Waals surface area (Å²) < 4.78 is 5.42. The number of hydrogen-bond donors (Lipinski definition) is 3. The first-order valence-electron chi connectivity index (χ1n) is 11.7. The fourth-order valence-electron chi connectivity index (χ4n) is 4.30. The zero-order valence-electron chi connectivity index (χ0n) is 19.8. The van der Waals surface area contributed by atoms with Gasteiger partial charge < -0.3 is 15.0 Å². The van der Waals surface area contributed by atoms with Gasteiger partial charge in [0.25, 0.3) is 0 Å². The third kappa shape index (κ3) is 5.26. The van der Waals surface area contributed by atoms with Crippen molar-refractivity contribution in [2.45, 2.75) is 25.3 Å². The largest absolute Gasteiger partial charge is 0.496 e. The Bertz CT molecular complexity index is 1480. The summed E-state index contributed by atoms with van der Waals surface area (Å²) in [6, 6.07) is 23.3. The predicted molar refractivity (Wildman–Crippen MR) is 141 cm³/mol. The number of nitrogens with one attached hydrogen (secondary N) is 3. The van der Waals surface area contributed by atoms with E-state index < -0.39 is 0 Å². The zero-order chi connectivity index (χ0) is 24.9. The normalized spacial score (nSPS) is 11.9. The van der Waals surface area contributed by atoms with Crippen LogP contribution in [-0.4, -0.2) is 33.2 Å². The zero-order valence-corrected chi connectivity index (χ0v) is 20.5. The van der Waals surface area contributed by atoms with Crippen molar-refractivity contribution in [1.82, 2.24) is 25.5 Å². The number of imidazole rings is 1. The lowest BCUT2D eigenvalue weighted by Crippen LogP contribution is -2.31. The molecule has 7 nitrogen and oxygen atoms in total. The number of aromatic nitrogens is 4. The van der Waals surface area contributed by atoms with Crippen molar-refractivity contribution in [3.05, 3.63) is 101 Å². The second-order valence-electron chi connectivity index (χ2n) is 8.58. The minimum absolute atomic E-state index is 0.0743. The van der Waals surface area contributed by atoms with Crippen LogP contribution in [-0.2, 0) is 17.6 Å². The molecule has 3 N–H and O–H groups in total. The fourth-order valence-corrected chi connectivity index (χ4v) is 4.55. The van der Waals surface area contributed by atoms with Crippen LogP contribution < -0.4 is 10.1 Å². The topological polar surface area (TPSA) is 95.7 Å². The van der Waals surface area contributed by atoms with Gasteiger partial charge >= 0.3 is 0 Å². The van der Waals surface area contributed by atoms with Gasteiger partial charge in [-0.05, 0) is 36.1 Å². The highest BCUT2D eigenvalue weighted by molar-refractivity contribution is 6.32. The van der Waals surface area contributed by atoms with Crippen LogP contribution in [0.25, 0.3) is 22.2 Å². The van der Waals surface area contributed by atoms with E-state index in [1.165, 1.54) is 0 Å². The van der Waals surface area contributed by atoms with Crippen molar-refractivity contribution in [2.75, 3.05) is 7.11 Å². The Kier molecular flexibility index (Phi) is 7.00. The summed E-state index contributed by atoms with van der Waals surface area (Å²) in [6.45, 7) is 0. The van der Waals surface area contributed by atoms with Crippen LogP contribution in [0.2, 0.25) is 5.15 Å². The molecule has 0 aliphatic carbocycles. The molecule has 5 aromatic rings. The summed E-state index contributed by atoms with van der Waals surface area (Å²) in [5.41, 5.74) is 4.47. The van der Waals surface area contributed by atoms with Gasteiger partial charge in [-0.25, -0.2) is 4.98 Å². The Labute approximate surface area is 213 Å². The van der Waals surface area contributed by atoms with Gasteiger partial charge in [0.05, 0.1) is 24.9 Å². The highest BCUT2D eigenvalue weighted by Crippen LogP contribution is 2.30. The lowest BCUT2D eigenvalue weighted by Gasteiger charge is -2.17. The number of aromatic amines is 2. The van der Waals surface area contributed by atoms with E-state index in [4.69, 9.17) is 21.3 Å². The van der Waals surface area contributed by atoms with Crippen LogP contribution in [0.1, 0.15) is 29.4 Å². The molecule has 0 saturated carbocycles. The number of carbonyl (C=O) groups is 1. The quantitative estimate of drug-likeness (QED) is 0.244. The molecule has 0 aliphatic rings. The molecule has 182 valence electrons. The van der Waals surface area contributed by atoms with Crippen molar-refractivity contribution in [3.8, 4) is 17.0 Å². The van der Waals surface area contributed by atoms with Gasteiger partial charge in [0.2, 0.25) is 5.91 Å². The summed E-state index contributed by atoms with van der Waals surface area (Å²) in [5, 5.41) is 11.6. The van der Waals surface area contributed by atoms with Gasteiger partial charge in [-0.3, -0.25) is 9.89 Å². The Hall–Kier alpha value is -4.10. The van der Waals surface area contributed by atoms with Gasteiger partial charge in [-0.15, -0.1) is 0 Å². The number of para-hydroxylation sites is 1. The Morgan fingerprint density at radius 3 is 2.72 bits per heavy atom. The summed E-state index contributed by atoms with van der Waals surface area (Å²) >= 11 is 6.59. The molecule has 0 radical (unpaired) electrons. The minimum Gasteiger partial charge on any atom is -0.496 e. The van der Waals surface area contributed by atoms with Crippen LogP contribution >= 0.6 is 11.6 Å². The van der Waals surface area contributed by atoms with E-state index >= 15 is 0 Å². The first kappa shape index (κ1) is 23.6. The number of fused-ring (bicyclic) bond motifs is 1. The molecule has 3 aromatic carbocycles. The van der Waals surface area contributed by atoms with Crippen molar-refractivity contribution in [2.24, 2.45) is 0 Å². The van der Waals surface area contributed by atoms with E-state index in [0.29, 0.717) is 35.9 Å². The van der Waals surface area contributed by atoms with Crippen molar-refractivity contribution < 1.29 is 9.53 Å². The Morgan fingerprint density at radius 2 is 1.89 bits per heavy atom. The van der Waals surface area contributed by atoms with Crippen LogP contribution in [0.5, 0.6) is 5.75 Å². The number of amides is 1. The number of hydrogen-bond acceptors (Lipinski definition) is 4. The standard InChI is InChI=1S/C28H26ClN5O2/c1-36-24-10-6-5-9-19(24)13-14-25(35)31-23(15-18-7-3-2-4-8-18)28-32-26(27(29)33-28)20-11-12-21-17-30-34-22(21)16-20/h2-12,16-17,23H,13-15H2,1H3,(H,30,34)(H,31,35)(H,32,33). The molecular weight excluding hydrogens is 474 g/mol. The molecule has 0 aliphatic heterocycles. The number of halogens is 1. The van der Waals surface area contributed by atoms with Crippen molar-refractivity contribution >= 4 is 28.4 Å². The van der Waals surface area contributed by atoms with Crippen molar-refractivity contribution in [3.63, 3.8) is 0 Å². The third-order valence-corrected chi connectivity index (χ3v) is 6.43. The molecule has 1 unspecified atom stereocenters. The monoisotopic (exact) mass is 499 g/mol. The number of H-pyrrole nitrogens is 2. The van der Waals surface area contributed by atoms with E-state index in [2.05, 4.69) is 20.5 Å². The minimum atomic E-state index is -0.375. The van der Waals surface area contributed by atoms with E-state index in [1.54, 1.807) is 13.3 Å². The van der Waals surface area contributed by atoms with Gasteiger partial charge in [-0.1, -0.05) is 72.3 Å². The summed E-state index contributed by atoms with van der Waals surface area (Å²) in [6.07, 6.45) is 3.24. The van der Waals surface area contributed by atoms with Crippen LogP contribution in [0.3, 0.4) is 0 Å². The Balaban J connectivity index is 1.38. The molecule has 36 heavy (non-hydrogen) atoms. The summed E-state index contributed by atoms with van der Waals surface area (Å²) in [7, 11) is 1.64. The smallest absolute Gasteiger partial charge is 0.220 e. The SMILES string of the molecule is COc1ccccc1CCC(=O)NC(Cc1ccccc1)c1nc(-c2ccc3cn[nH]c3c2)c(Cl)[nH]1. The van der Waals surface area contributed by atoms with E-state index in [-0.39, 0.29) is 11.9 Å². The average Bonchev–Trinajstić information content (AvgIpc) is 3.54. The molecule has 5 rings (SSSR count). The molecule has 0 bridgehead atoms. The second-order valence-corrected chi connectivity index (χ2v) is 8.96. The summed E-state index contributed by atoms with van der Waals surface area (Å²) in [4.78, 5) is 21.0. The maximum atomic E-state index is 13.0. The lowest BCUT2D eigenvalue weighted by atomic mass is 10.0. The molecule has 0 spiro atoms. The van der Waals surface area contributed by atoms with Crippen LogP contribution in [0, 0.1) is 0 Å². The number of nitrogens with zero attached hydrogens (tertiary/aromatic N) is 2. The maximum Gasteiger partial charge on any atom is 0.220 e. The first-order valence-corrected chi connectivity index (χ1v) is 12.1. The molecule has 1 amide bonds. The van der Waals surface area contributed by atoms with Gasteiger partial charge in [-0.2, -0.15) is 5.10 Å². The van der Waals surface area contributed by atoms with Crippen molar-refractivity contribution in [1.29, 1.82) is 0 Å². The number of rotatable bonds is 9. The fraction of sp³-hybridized carbons (Fsp3) is 0.179. The van der Waals surface area contributed by atoms with E-state index in [9.17, 15) is 4.79 Å². The van der Waals surface area contributed by atoms with Crippen LogP contribution in [0.4, 0.5) is 0 Å².